The summed E-state index contributed by atoms with van der Waals surface area (Å²) >= 11 is 0. The van der Waals surface area contributed by atoms with Gasteiger partial charge in [0.05, 0.1) is 35.6 Å². The molecule has 33 heavy (non-hydrogen) atoms. The number of aromatic nitrogens is 3. The van der Waals surface area contributed by atoms with Crippen LogP contribution in [0.4, 0.5) is 11.6 Å². The Morgan fingerprint density at radius 1 is 1.30 bits per heavy atom. The Hall–Kier alpha value is -3.29. The molecule has 3 aromatic rings. The van der Waals surface area contributed by atoms with Gasteiger partial charge < -0.3 is 10.4 Å². The highest BCUT2D eigenvalue weighted by Crippen LogP contribution is 2.39. The Labute approximate surface area is 190 Å². The molecule has 2 atom stereocenters. The number of rotatable bonds is 4. The van der Waals surface area contributed by atoms with Gasteiger partial charge in [0, 0.05) is 22.8 Å². The molecule has 1 aliphatic heterocycles. The molecule has 1 aliphatic carbocycles. The van der Waals surface area contributed by atoms with Crippen molar-refractivity contribution in [3.05, 3.63) is 57.5 Å². The normalized spacial score (nSPS) is 23.4. The molecule has 5 rings (SSSR count). The van der Waals surface area contributed by atoms with E-state index in [1.54, 1.807) is 37.4 Å². The lowest BCUT2D eigenvalue weighted by molar-refractivity contribution is 0.0266. The standard InChI is InChI=1S/C23H23N5O4S/c1-23(30)7-2-3-19(23)28-20-16(9-14(6-8-24)21(28)29)11-25-22(27-20)26-18-5-4-15-12-33(31,32)13-17(15)10-18/h4-5,9-11,19,30H,2-3,6-7,12-13H2,1H3,(H,25,26,27)/t19-,23-/m1/s1. The maximum Gasteiger partial charge on any atom is 0.256 e. The average Bonchev–Trinajstić information content (AvgIpc) is 3.25. The summed E-state index contributed by atoms with van der Waals surface area (Å²) in [7, 11) is -3.11. The topological polar surface area (TPSA) is 138 Å². The molecule has 2 N–H and O–H groups in total. The molecule has 0 spiro atoms. The third kappa shape index (κ3) is 3.87. The van der Waals surface area contributed by atoms with Crippen LogP contribution in [0.3, 0.4) is 0 Å². The van der Waals surface area contributed by atoms with Gasteiger partial charge in [0.1, 0.15) is 5.65 Å². The van der Waals surface area contributed by atoms with Crippen molar-refractivity contribution >= 4 is 32.5 Å². The minimum absolute atomic E-state index is 0.00834. The van der Waals surface area contributed by atoms with Gasteiger partial charge in [-0.25, -0.2) is 13.4 Å². The Kier molecular flexibility index (Phi) is 4.99. The molecular formula is C23H23N5O4S. The summed E-state index contributed by atoms with van der Waals surface area (Å²) in [6, 6.07) is 8.53. The molecule has 2 aromatic heterocycles. The quantitative estimate of drug-likeness (QED) is 0.599. The smallest absolute Gasteiger partial charge is 0.256 e. The molecule has 0 bridgehead atoms. The number of pyridine rings is 1. The molecule has 0 saturated heterocycles. The molecule has 10 heteroatoms. The number of fused-ring (bicyclic) bond motifs is 2. The van der Waals surface area contributed by atoms with Crippen LogP contribution in [0.25, 0.3) is 11.0 Å². The fraction of sp³-hybridized carbons (Fsp3) is 0.391. The lowest BCUT2D eigenvalue weighted by atomic mass is 9.99. The van der Waals surface area contributed by atoms with Gasteiger partial charge in [-0.1, -0.05) is 6.07 Å². The number of nitrogens with one attached hydrogen (secondary N) is 1. The zero-order valence-electron chi connectivity index (χ0n) is 18.1. The highest BCUT2D eigenvalue weighted by Gasteiger charge is 2.39. The third-order valence-electron chi connectivity index (χ3n) is 6.52. The van der Waals surface area contributed by atoms with Crippen molar-refractivity contribution in [1.82, 2.24) is 14.5 Å². The summed E-state index contributed by atoms with van der Waals surface area (Å²) < 4.78 is 25.3. The maximum atomic E-state index is 13.3. The average molecular weight is 466 g/mol. The van der Waals surface area contributed by atoms with Crippen molar-refractivity contribution in [2.24, 2.45) is 0 Å². The summed E-state index contributed by atoms with van der Waals surface area (Å²) in [6.45, 7) is 1.72. The van der Waals surface area contributed by atoms with E-state index in [0.717, 1.165) is 17.5 Å². The van der Waals surface area contributed by atoms with Crippen LogP contribution in [0.5, 0.6) is 0 Å². The minimum Gasteiger partial charge on any atom is -0.388 e. The Balaban J connectivity index is 1.59. The summed E-state index contributed by atoms with van der Waals surface area (Å²) in [5.74, 6) is 0.310. The van der Waals surface area contributed by atoms with Crippen LogP contribution >= 0.6 is 0 Å². The number of nitriles is 1. The van der Waals surface area contributed by atoms with Gasteiger partial charge in [0.15, 0.2) is 9.84 Å². The van der Waals surface area contributed by atoms with E-state index in [1.807, 2.05) is 6.07 Å². The fourth-order valence-electron chi connectivity index (χ4n) is 4.91. The second-order valence-corrected chi connectivity index (χ2v) is 11.1. The molecule has 1 fully saturated rings. The summed E-state index contributed by atoms with van der Waals surface area (Å²) in [6.07, 6.45) is 3.53. The van der Waals surface area contributed by atoms with Crippen LogP contribution in [-0.4, -0.2) is 33.7 Å². The van der Waals surface area contributed by atoms with Gasteiger partial charge in [0.2, 0.25) is 5.95 Å². The van der Waals surface area contributed by atoms with Crippen LogP contribution in [0.1, 0.15) is 48.9 Å². The van der Waals surface area contributed by atoms with E-state index in [9.17, 15) is 18.3 Å². The van der Waals surface area contributed by atoms with Crippen molar-refractivity contribution in [1.29, 1.82) is 5.26 Å². The van der Waals surface area contributed by atoms with Crippen LogP contribution in [0.2, 0.25) is 0 Å². The van der Waals surface area contributed by atoms with Gasteiger partial charge >= 0.3 is 0 Å². The number of hydrogen-bond acceptors (Lipinski definition) is 8. The third-order valence-corrected chi connectivity index (χ3v) is 8.02. The first kappa shape index (κ1) is 21.6. The van der Waals surface area contributed by atoms with E-state index >= 15 is 0 Å². The van der Waals surface area contributed by atoms with Crippen LogP contribution < -0.4 is 10.9 Å². The lowest BCUT2D eigenvalue weighted by Gasteiger charge is -2.28. The van der Waals surface area contributed by atoms with Crippen molar-refractivity contribution < 1.29 is 13.5 Å². The van der Waals surface area contributed by atoms with Crippen LogP contribution in [-0.2, 0) is 27.8 Å². The van der Waals surface area contributed by atoms with E-state index in [1.165, 1.54) is 4.57 Å². The number of aliphatic hydroxyl groups is 1. The monoisotopic (exact) mass is 465 g/mol. The molecular weight excluding hydrogens is 442 g/mol. The van der Waals surface area contributed by atoms with E-state index in [-0.39, 0.29) is 29.4 Å². The van der Waals surface area contributed by atoms with E-state index in [2.05, 4.69) is 15.3 Å². The van der Waals surface area contributed by atoms with E-state index in [0.29, 0.717) is 35.1 Å². The molecule has 0 radical (unpaired) electrons. The van der Waals surface area contributed by atoms with Gasteiger partial charge in [-0.3, -0.25) is 9.36 Å². The second kappa shape index (κ2) is 7.64. The first-order valence-electron chi connectivity index (χ1n) is 10.8. The maximum absolute atomic E-state index is 13.3. The Morgan fingerprint density at radius 2 is 2.09 bits per heavy atom. The van der Waals surface area contributed by atoms with Gasteiger partial charge in [-0.2, -0.15) is 10.2 Å². The number of benzene rings is 1. The van der Waals surface area contributed by atoms with Gasteiger partial charge in [0.25, 0.3) is 5.56 Å². The molecule has 3 heterocycles. The fourth-order valence-corrected chi connectivity index (χ4v) is 6.51. The number of hydrogen-bond donors (Lipinski definition) is 2. The van der Waals surface area contributed by atoms with Gasteiger partial charge in [-0.05, 0) is 55.5 Å². The largest absolute Gasteiger partial charge is 0.388 e. The minimum atomic E-state index is -3.11. The summed E-state index contributed by atoms with van der Waals surface area (Å²) in [4.78, 5) is 22.2. The molecule has 9 nitrogen and oxygen atoms in total. The van der Waals surface area contributed by atoms with Gasteiger partial charge in [-0.15, -0.1) is 0 Å². The number of anilines is 2. The first-order chi connectivity index (χ1) is 15.7. The van der Waals surface area contributed by atoms with Crippen molar-refractivity contribution in [3.63, 3.8) is 0 Å². The first-order valence-corrected chi connectivity index (χ1v) is 12.6. The summed E-state index contributed by atoms with van der Waals surface area (Å²) in [5.41, 5.74) is 1.53. The predicted octanol–water partition coefficient (Wildman–Crippen LogP) is 2.51. The molecule has 1 saturated carbocycles. The van der Waals surface area contributed by atoms with E-state index in [4.69, 9.17) is 5.26 Å². The Morgan fingerprint density at radius 3 is 2.82 bits per heavy atom. The van der Waals surface area contributed by atoms with Crippen molar-refractivity contribution in [3.8, 4) is 6.07 Å². The summed E-state index contributed by atoms with van der Waals surface area (Å²) in [5, 5.41) is 23.8. The number of sulfone groups is 1. The molecule has 0 unspecified atom stereocenters. The number of nitrogens with zero attached hydrogens (tertiary/aromatic N) is 4. The zero-order valence-corrected chi connectivity index (χ0v) is 18.9. The predicted molar refractivity (Wildman–Crippen MR) is 123 cm³/mol. The Bertz CT molecular complexity index is 1490. The van der Waals surface area contributed by atoms with Crippen molar-refractivity contribution in [2.75, 3.05) is 5.32 Å². The van der Waals surface area contributed by atoms with Crippen LogP contribution in [0.15, 0.2) is 35.3 Å². The molecule has 2 aliphatic rings. The highest BCUT2D eigenvalue weighted by molar-refractivity contribution is 7.90. The van der Waals surface area contributed by atoms with E-state index < -0.39 is 21.5 Å². The molecule has 0 amide bonds. The van der Waals surface area contributed by atoms with Crippen molar-refractivity contribution in [2.45, 2.75) is 55.8 Å². The lowest BCUT2D eigenvalue weighted by Crippen LogP contribution is -2.38. The molecule has 170 valence electrons. The highest BCUT2D eigenvalue weighted by atomic mass is 32.2. The zero-order chi connectivity index (χ0) is 23.4. The second-order valence-electron chi connectivity index (χ2n) is 9.06. The van der Waals surface area contributed by atoms with Crippen LogP contribution in [0, 0.1) is 11.3 Å². The SMILES string of the molecule is C[C@@]1(O)CCC[C@H]1n1c(=O)c(CC#N)cc2cnc(Nc3ccc4c(c3)CS(=O)(=O)C4)nc21. The molecule has 1 aromatic carbocycles.